The second-order valence-corrected chi connectivity index (χ2v) is 12.5. The highest BCUT2D eigenvalue weighted by molar-refractivity contribution is 14.2. The van der Waals surface area contributed by atoms with E-state index in [4.69, 9.17) is 10.5 Å². The van der Waals surface area contributed by atoms with E-state index >= 15 is 0 Å². The number of rotatable bonds is 6. The molecule has 0 spiro atoms. The fourth-order valence-corrected chi connectivity index (χ4v) is 7.38. The number of nitrogens with two attached hydrogens (primary N) is 1. The van der Waals surface area contributed by atoms with Crippen LogP contribution in [0.5, 0.6) is 0 Å². The largest absolute Gasteiger partial charge is 0.394 e. The van der Waals surface area contributed by atoms with Crippen molar-refractivity contribution in [2.75, 3.05) is 20.7 Å². The van der Waals surface area contributed by atoms with Gasteiger partial charge in [0.25, 0.3) is 0 Å². The predicted molar refractivity (Wildman–Crippen MR) is 128 cm³/mol. The van der Waals surface area contributed by atoms with Gasteiger partial charge in [0.15, 0.2) is 0 Å². The third kappa shape index (κ3) is 4.42. The molecule has 0 bridgehead atoms. The molecule has 0 aromatic heterocycles. The van der Waals surface area contributed by atoms with Gasteiger partial charge in [-0.1, -0.05) is 32.4 Å². The molecule has 29 heavy (non-hydrogen) atoms. The van der Waals surface area contributed by atoms with Gasteiger partial charge in [0.1, 0.15) is 5.83 Å². The Morgan fingerprint density at radius 2 is 2.17 bits per heavy atom. The Hall–Kier alpha value is -0.530. The zero-order chi connectivity index (χ0) is 20.8. The van der Waals surface area contributed by atoms with Gasteiger partial charge in [0.05, 0.1) is 9.30 Å². The molecule has 2 fully saturated rings. The summed E-state index contributed by atoms with van der Waals surface area (Å²) in [7, 11) is 4.45. The lowest BCUT2D eigenvalue weighted by Crippen LogP contribution is -2.47. The van der Waals surface area contributed by atoms with Crippen molar-refractivity contribution in [3.63, 3.8) is 0 Å². The summed E-state index contributed by atoms with van der Waals surface area (Å²) in [6.07, 6.45) is 12.2. The lowest BCUT2D eigenvalue weighted by Gasteiger charge is -2.45. The molecule has 0 amide bonds. The van der Waals surface area contributed by atoms with Gasteiger partial charge in [0, 0.05) is 16.2 Å². The van der Waals surface area contributed by atoms with E-state index in [0.717, 1.165) is 53.4 Å². The molecule has 2 heterocycles. The first-order valence-corrected chi connectivity index (χ1v) is 13.4. The summed E-state index contributed by atoms with van der Waals surface area (Å²) in [5, 5.41) is 0. The average molecular weight is 514 g/mol. The van der Waals surface area contributed by atoms with Gasteiger partial charge >= 0.3 is 0 Å². The number of likely N-dealkylation sites (N-methyl/N-ethyl adjacent to an activating group) is 1. The molecule has 2 N–H and O–H groups in total. The van der Waals surface area contributed by atoms with Crippen LogP contribution in [0, 0.1) is 17.8 Å². The molecule has 2 unspecified atom stereocenters. The van der Waals surface area contributed by atoms with Gasteiger partial charge in [-0.15, -0.1) is 0 Å². The summed E-state index contributed by atoms with van der Waals surface area (Å²) in [5.74, 6) is 1.96. The lowest BCUT2D eigenvalue weighted by atomic mass is 9.74. The van der Waals surface area contributed by atoms with Crippen molar-refractivity contribution < 1.29 is 9.13 Å². The van der Waals surface area contributed by atoms with Crippen molar-refractivity contribution in [1.29, 1.82) is 0 Å². The minimum atomic E-state index is -0.499. The summed E-state index contributed by atoms with van der Waals surface area (Å²) in [6, 6.07) is 0. The summed E-state index contributed by atoms with van der Waals surface area (Å²) < 4.78 is 22.8. The van der Waals surface area contributed by atoms with E-state index in [1.165, 1.54) is 19.3 Å². The zero-order valence-corrected chi connectivity index (χ0v) is 20.5. The van der Waals surface area contributed by atoms with Crippen LogP contribution in [0.25, 0.3) is 0 Å². The van der Waals surface area contributed by atoms with E-state index in [0.29, 0.717) is 5.92 Å². The second-order valence-electron chi connectivity index (χ2n) is 10.0. The van der Waals surface area contributed by atoms with Gasteiger partial charge in [0.2, 0.25) is 0 Å². The SMILES string of the molecule is CN(C)C(C)(CC[C@]1(C)C[C@@H](C2=C(N)I=CC(F)=C2)CCO1)C1=CCCC2C[C@H]12. The molecule has 3 nitrogen and oxygen atoms in total. The van der Waals surface area contributed by atoms with E-state index in [-0.39, 0.29) is 17.0 Å². The Labute approximate surface area is 185 Å². The molecule has 2 aliphatic carbocycles. The highest BCUT2D eigenvalue weighted by Crippen LogP contribution is 2.55. The van der Waals surface area contributed by atoms with Crippen LogP contribution in [-0.4, -0.2) is 40.8 Å². The molecule has 4 rings (SSSR count). The molecule has 5 heteroatoms. The van der Waals surface area contributed by atoms with Gasteiger partial charge in [-0.3, -0.25) is 0 Å². The Bertz CT molecular complexity index is 786. The van der Waals surface area contributed by atoms with E-state index < -0.39 is 20.7 Å². The third-order valence-electron chi connectivity index (χ3n) is 7.85. The Morgan fingerprint density at radius 1 is 1.38 bits per heavy atom. The number of ether oxygens (including phenoxy) is 1. The molecule has 0 aromatic carbocycles. The van der Waals surface area contributed by atoms with Crippen LogP contribution in [0.2, 0.25) is 0 Å². The Kier molecular flexibility index (Phi) is 6.13. The van der Waals surface area contributed by atoms with Gasteiger partial charge in [-0.05, 0) is 102 Å². The average Bonchev–Trinajstić information content (AvgIpc) is 3.47. The summed E-state index contributed by atoms with van der Waals surface area (Å²) >= 11 is -0.499. The topological polar surface area (TPSA) is 38.5 Å². The second kappa shape index (κ2) is 8.19. The standard InChI is InChI=1S/C24H36FIN2O/c1-23(14-17(8-11-29-23)20-13-18(25)15-26-22(20)27)9-10-24(2,28(3)4)21-7-5-6-16-12-19(16)21/h7,13,15-17,19H,5-6,8-12,14,27H2,1-4H3/t16?,17-,19-,23+,24?/m0/s1. The molecule has 4 aliphatic rings. The number of nitrogens with zero attached hydrogens (tertiary/aromatic N) is 1. The van der Waals surface area contributed by atoms with Crippen LogP contribution >= 0.6 is 20.7 Å². The molecule has 162 valence electrons. The van der Waals surface area contributed by atoms with Crippen molar-refractivity contribution in [1.82, 2.24) is 4.90 Å². The highest BCUT2D eigenvalue weighted by Gasteiger charge is 2.49. The van der Waals surface area contributed by atoms with Crippen molar-refractivity contribution in [2.45, 2.75) is 69.9 Å². The molecule has 2 aliphatic heterocycles. The number of hydrogen-bond donors (Lipinski definition) is 1. The smallest absolute Gasteiger partial charge is 0.129 e. The number of fused-ring (bicyclic) bond motifs is 1. The normalized spacial score (nSPS) is 36.7. The van der Waals surface area contributed by atoms with Crippen molar-refractivity contribution >= 4 is 24.7 Å². The summed E-state index contributed by atoms with van der Waals surface area (Å²) in [6.45, 7) is 5.41. The zero-order valence-electron chi connectivity index (χ0n) is 18.3. The maximum absolute atomic E-state index is 13.9. The molecule has 0 aromatic rings. The molecule has 1 saturated heterocycles. The van der Waals surface area contributed by atoms with Gasteiger partial charge in [-0.25, -0.2) is 4.39 Å². The predicted octanol–water partition coefficient (Wildman–Crippen LogP) is 5.44. The van der Waals surface area contributed by atoms with Crippen LogP contribution in [0.4, 0.5) is 4.39 Å². The third-order valence-corrected chi connectivity index (χ3v) is 10.1. The van der Waals surface area contributed by atoms with Gasteiger partial charge < -0.3 is 15.4 Å². The first-order chi connectivity index (χ1) is 13.7. The molecular formula is C24H36FIN2O. The van der Waals surface area contributed by atoms with Crippen LogP contribution in [0.15, 0.2) is 32.8 Å². The van der Waals surface area contributed by atoms with Crippen LogP contribution in [0.3, 0.4) is 0 Å². The lowest BCUT2D eigenvalue weighted by molar-refractivity contribution is -0.0891. The highest BCUT2D eigenvalue weighted by atomic mass is 127. The maximum Gasteiger partial charge on any atom is 0.129 e. The number of hydrogen-bond acceptors (Lipinski definition) is 3. The first-order valence-electron chi connectivity index (χ1n) is 11.1. The van der Waals surface area contributed by atoms with Crippen LogP contribution in [0.1, 0.15) is 58.8 Å². The minimum absolute atomic E-state index is 0.0920. The van der Waals surface area contributed by atoms with E-state index in [1.54, 1.807) is 15.7 Å². The van der Waals surface area contributed by atoms with Crippen molar-refractivity contribution in [3.8, 4) is 0 Å². The number of halogens is 2. The minimum Gasteiger partial charge on any atom is -0.394 e. The van der Waals surface area contributed by atoms with E-state index in [9.17, 15) is 4.39 Å². The molecule has 1 saturated carbocycles. The molecule has 5 atom stereocenters. The summed E-state index contributed by atoms with van der Waals surface area (Å²) in [5.41, 5.74) is 8.93. The van der Waals surface area contributed by atoms with Crippen LogP contribution in [-0.2, 0) is 4.74 Å². The van der Waals surface area contributed by atoms with Crippen molar-refractivity contribution in [2.24, 2.45) is 23.5 Å². The first kappa shape index (κ1) is 21.7. The Morgan fingerprint density at radius 3 is 2.93 bits per heavy atom. The monoisotopic (exact) mass is 514 g/mol. The van der Waals surface area contributed by atoms with Crippen molar-refractivity contribution in [3.05, 3.63) is 32.8 Å². The van der Waals surface area contributed by atoms with E-state index in [2.05, 4.69) is 38.9 Å². The summed E-state index contributed by atoms with van der Waals surface area (Å²) in [4.78, 5) is 2.42. The maximum atomic E-state index is 13.9. The molecule has 0 radical (unpaired) electrons. The quantitative estimate of drug-likeness (QED) is 0.292. The fourth-order valence-electron chi connectivity index (χ4n) is 5.61. The van der Waals surface area contributed by atoms with E-state index in [1.807, 2.05) is 0 Å². The fraction of sp³-hybridized carbons (Fsp3) is 0.708. The number of allylic oxidation sites excluding steroid dienone is 4. The van der Waals surface area contributed by atoms with Gasteiger partial charge in [-0.2, -0.15) is 0 Å². The Balaban J connectivity index is 1.48. The van der Waals surface area contributed by atoms with Crippen LogP contribution < -0.4 is 5.73 Å². The molecular weight excluding hydrogens is 478 g/mol.